The van der Waals surface area contributed by atoms with Gasteiger partial charge in [-0.05, 0) is 18.0 Å². The van der Waals surface area contributed by atoms with Crippen LogP contribution in [0.3, 0.4) is 0 Å². The fourth-order valence-electron chi connectivity index (χ4n) is 1.71. The number of hydrogen-bond donors (Lipinski definition) is 0. The van der Waals surface area contributed by atoms with Crippen molar-refractivity contribution in [3.05, 3.63) is 12.2 Å². The van der Waals surface area contributed by atoms with E-state index in [1.54, 1.807) is 0 Å². The van der Waals surface area contributed by atoms with Crippen molar-refractivity contribution in [1.82, 2.24) is 0 Å². The molecule has 3 heteroatoms. The van der Waals surface area contributed by atoms with E-state index in [9.17, 15) is 8.78 Å². The van der Waals surface area contributed by atoms with Gasteiger partial charge in [0.2, 0.25) is 0 Å². The maximum absolute atomic E-state index is 12.3. The quantitative estimate of drug-likeness (QED) is 0.406. The van der Waals surface area contributed by atoms with Crippen molar-refractivity contribution in [1.29, 1.82) is 0 Å². The zero-order valence-corrected chi connectivity index (χ0v) is 11.4. The molecule has 0 aromatic rings. The third-order valence-electron chi connectivity index (χ3n) is 2.81. The van der Waals surface area contributed by atoms with E-state index < -0.39 is 14.2 Å². The monoisotopic (exact) mass is 234 g/mol. The number of allylic oxidation sites excluding steroid dienone is 1. The van der Waals surface area contributed by atoms with Gasteiger partial charge < -0.3 is 0 Å². The Hall–Kier alpha value is -0.183. The maximum Gasteiger partial charge on any atom is 0.266 e. The summed E-state index contributed by atoms with van der Waals surface area (Å²) in [4.78, 5) is 0. The highest BCUT2D eigenvalue weighted by molar-refractivity contribution is 6.78. The van der Waals surface area contributed by atoms with Crippen LogP contribution in [0.5, 0.6) is 0 Å². The van der Waals surface area contributed by atoms with Crippen LogP contribution in [0.2, 0.25) is 25.2 Å². The second kappa shape index (κ2) is 7.15. The molecule has 0 fully saturated rings. The zero-order chi connectivity index (χ0) is 11.9. The summed E-state index contributed by atoms with van der Waals surface area (Å²) in [7, 11) is -1.47. The molecule has 0 aromatic carbocycles. The van der Waals surface area contributed by atoms with E-state index in [1.165, 1.54) is 25.3 Å². The van der Waals surface area contributed by atoms with Gasteiger partial charge in [-0.15, -0.1) is 0 Å². The van der Waals surface area contributed by atoms with Crippen LogP contribution in [0, 0.1) is 0 Å². The summed E-state index contributed by atoms with van der Waals surface area (Å²) in [5.74, 6) is 0. The summed E-state index contributed by atoms with van der Waals surface area (Å²) in [6.45, 7) is 8.65. The van der Waals surface area contributed by atoms with Gasteiger partial charge in [0.25, 0.3) is 6.08 Å². The highest BCUT2D eigenvalue weighted by Crippen LogP contribution is 2.30. The van der Waals surface area contributed by atoms with Crippen LogP contribution in [0.15, 0.2) is 12.2 Å². The Kier molecular flexibility index (Phi) is 7.06. The lowest BCUT2D eigenvalue weighted by Crippen LogP contribution is -2.27. The second-order valence-electron chi connectivity index (χ2n) is 5.28. The molecule has 0 spiro atoms. The molecule has 0 nitrogen and oxygen atoms in total. The van der Waals surface area contributed by atoms with Gasteiger partial charge in [0, 0.05) is 0 Å². The molecule has 90 valence electrons. The van der Waals surface area contributed by atoms with Crippen LogP contribution < -0.4 is 0 Å². The Morgan fingerprint density at radius 1 is 1.13 bits per heavy atom. The predicted molar refractivity (Wildman–Crippen MR) is 66.2 cm³/mol. The smallest absolute Gasteiger partial charge is 0.174 e. The summed E-state index contributed by atoms with van der Waals surface area (Å²) >= 11 is 0. The van der Waals surface area contributed by atoms with E-state index in [1.807, 2.05) is 0 Å². The van der Waals surface area contributed by atoms with Gasteiger partial charge >= 0.3 is 0 Å². The fraction of sp³-hybridized carbons (Fsp3) is 0.833. The van der Waals surface area contributed by atoms with E-state index in [-0.39, 0.29) is 5.54 Å². The number of hydrogen-bond acceptors (Lipinski definition) is 0. The van der Waals surface area contributed by atoms with Crippen molar-refractivity contribution < 1.29 is 8.78 Å². The number of halogens is 2. The molecule has 0 aliphatic heterocycles. The standard InChI is InChI=1S/C12H24F2Si/c1-5-6-7-8-9-11(10-12(13)14)15(2,3)4/h10-11H,5-9H2,1-4H3. The van der Waals surface area contributed by atoms with Gasteiger partial charge in [0.05, 0.1) is 8.07 Å². The van der Waals surface area contributed by atoms with Crippen molar-refractivity contribution in [3.63, 3.8) is 0 Å². The SMILES string of the molecule is CCCCCCC(C=C(F)F)[Si](C)(C)C. The van der Waals surface area contributed by atoms with Gasteiger partial charge in [-0.25, -0.2) is 0 Å². The summed E-state index contributed by atoms with van der Waals surface area (Å²) < 4.78 is 24.5. The zero-order valence-electron chi connectivity index (χ0n) is 10.4. The van der Waals surface area contributed by atoms with Gasteiger partial charge in [-0.1, -0.05) is 52.2 Å². The van der Waals surface area contributed by atoms with E-state index in [4.69, 9.17) is 0 Å². The Morgan fingerprint density at radius 3 is 2.13 bits per heavy atom. The first-order chi connectivity index (χ1) is 6.88. The van der Waals surface area contributed by atoms with Crippen molar-refractivity contribution >= 4 is 8.07 Å². The molecule has 0 radical (unpaired) electrons. The second-order valence-corrected chi connectivity index (χ2v) is 10.8. The molecule has 0 N–H and O–H groups in total. The Labute approximate surface area is 93.8 Å². The van der Waals surface area contributed by atoms with Crippen LogP contribution >= 0.6 is 0 Å². The summed E-state index contributed by atoms with van der Waals surface area (Å²) in [5, 5.41) is 0. The molecular weight excluding hydrogens is 210 g/mol. The molecular formula is C12H24F2Si. The van der Waals surface area contributed by atoms with Crippen molar-refractivity contribution in [3.8, 4) is 0 Å². The molecule has 1 atom stereocenters. The van der Waals surface area contributed by atoms with Crippen molar-refractivity contribution in [2.24, 2.45) is 0 Å². The lowest BCUT2D eigenvalue weighted by atomic mass is 10.1. The molecule has 0 saturated carbocycles. The molecule has 0 rings (SSSR count). The average molecular weight is 234 g/mol. The third-order valence-corrected chi connectivity index (χ3v) is 5.49. The summed E-state index contributed by atoms with van der Waals surface area (Å²) in [5.41, 5.74) is 0.138. The molecule has 0 aliphatic carbocycles. The van der Waals surface area contributed by atoms with Crippen molar-refractivity contribution in [2.45, 2.75) is 64.2 Å². The average Bonchev–Trinajstić information content (AvgIpc) is 2.08. The van der Waals surface area contributed by atoms with Crippen molar-refractivity contribution in [2.75, 3.05) is 0 Å². The van der Waals surface area contributed by atoms with E-state index in [0.717, 1.165) is 12.8 Å². The first-order valence-electron chi connectivity index (χ1n) is 5.90. The largest absolute Gasteiger partial charge is 0.266 e. The molecule has 0 aliphatic rings. The molecule has 0 heterocycles. The Morgan fingerprint density at radius 2 is 1.73 bits per heavy atom. The number of unbranched alkanes of at least 4 members (excludes halogenated alkanes) is 3. The maximum atomic E-state index is 12.3. The molecule has 0 amide bonds. The third kappa shape index (κ3) is 7.71. The first-order valence-corrected chi connectivity index (χ1v) is 9.48. The van der Waals surface area contributed by atoms with Gasteiger partial charge in [0.15, 0.2) is 0 Å². The van der Waals surface area contributed by atoms with Crippen LogP contribution in [0.1, 0.15) is 39.0 Å². The van der Waals surface area contributed by atoms with Gasteiger partial charge in [0.1, 0.15) is 0 Å². The van der Waals surface area contributed by atoms with Crippen LogP contribution in [0.25, 0.3) is 0 Å². The molecule has 15 heavy (non-hydrogen) atoms. The van der Waals surface area contributed by atoms with Gasteiger partial charge in [-0.3, -0.25) is 0 Å². The van der Waals surface area contributed by atoms with Gasteiger partial charge in [-0.2, -0.15) is 8.78 Å². The lowest BCUT2D eigenvalue weighted by Gasteiger charge is -2.25. The van der Waals surface area contributed by atoms with Crippen LogP contribution in [0.4, 0.5) is 8.78 Å². The minimum Gasteiger partial charge on any atom is -0.174 e. The highest BCUT2D eigenvalue weighted by atomic mass is 28.3. The minimum atomic E-state index is -1.50. The predicted octanol–water partition coefficient (Wildman–Crippen LogP) is 5.45. The number of rotatable bonds is 7. The Bertz CT molecular complexity index is 190. The van der Waals surface area contributed by atoms with Crippen LogP contribution in [-0.2, 0) is 0 Å². The molecule has 0 saturated heterocycles. The van der Waals surface area contributed by atoms with E-state index in [2.05, 4.69) is 26.6 Å². The summed E-state index contributed by atoms with van der Waals surface area (Å²) in [6, 6.07) is 0. The molecule has 1 unspecified atom stereocenters. The normalized spacial score (nSPS) is 13.7. The molecule has 0 aromatic heterocycles. The summed E-state index contributed by atoms with van der Waals surface area (Å²) in [6.07, 6.45) is 5.32. The highest BCUT2D eigenvalue weighted by Gasteiger charge is 2.25. The molecule has 0 bridgehead atoms. The fourth-order valence-corrected chi connectivity index (χ4v) is 3.41. The van der Waals surface area contributed by atoms with E-state index in [0.29, 0.717) is 0 Å². The first kappa shape index (κ1) is 14.8. The Balaban J connectivity index is 4.10. The van der Waals surface area contributed by atoms with E-state index >= 15 is 0 Å². The lowest BCUT2D eigenvalue weighted by molar-refractivity contribution is 0.415. The topological polar surface area (TPSA) is 0 Å². The van der Waals surface area contributed by atoms with Crippen LogP contribution in [-0.4, -0.2) is 8.07 Å². The minimum absolute atomic E-state index is 0.138.